The quantitative estimate of drug-likeness (QED) is 0.589. The van der Waals surface area contributed by atoms with Crippen molar-refractivity contribution in [3.63, 3.8) is 0 Å². The molecule has 6 rings (SSSR count). The number of aromatic carboxylic acids is 1. The van der Waals surface area contributed by atoms with Crippen molar-refractivity contribution in [3.05, 3.63) is 64.8 Å². The molecule has 3 aromatic rings. The van der Waals surface area contributed by atoms with E-state index in [0.29, 0.717) is 25.2 Å². The zero-order chi connectivity index (χ0) is 23.9. The van der Waals surface area contributed by atoms with Gasteiger partial charge in [0.2, 0.25) is 5.91 Å². The van der Waals surface area contributed by atoms with E-state index in [4.69, 9.17) is 10.1 Å². The maximum Gasteiger partial charge on any atom is 0.337 e. The molecule has 0 radical (unpaired) electrons. The average molecular weight is 490 g/mol. The first-order chi connectivity index (χ1) is 17.0. The summed E-state index contributed by atoms with van der Waals surface area (Å²) in [6.45, 7) is 3.44. The van der Waals surface area contributed by atoms with Crippen molar-refractivity contribution in [3.8, 4) is 10.6 Å². The summed E-state index contributed by atoms with van der Waals surface area (Å²) in [5.41, 5.74) is 2.46. The Labute approximate surface area is 207 Å². The summed E-state index contributed by atoms with van der Waals surface area (Å²) in [6, 6.07) is 14.2. The minimum absolute atomic E-state index is 0.194. The van der Waals surface area contributed by atoms with Crippen LogP contribution in [0.1, 0.15) is 33.8 Å². The Kier molecular flexibility index (Phi) is 5.74. The van der Waals surface area contributed by atoms with E-state index in [2.05, 4.69) is 26.9 Å². The lowest BCUT2D eigenvalue weighted by molar-refractivity contribution is -0.134. The summed E-state index contributed by atoms with van der Waals surface area (Å²) < 4.78 is 0. The smallest absolute Gasteiger partial charge is 0.337 e. The van der Waals surface area contributed by atoms with Crippen LogP contribution in [0.5, 0.6) is 0 Å². The second kappa shape index (κ2) is 9.05. The van der Waals surface area contributed by atoms with E-state index >= 15 is 0 Å². The van der Waals surface area contributed by atoms with Gasteiger partial charge in [0, 0.05) is 54.8 Å². The van der Waals surface area contributed by atoms with E-state index in [9.17, 15) is 9.59 Å². The van der Waals surface area contributed by atoms with Crippen LogP contribution in [0.15, 0.2) is 48.7 Å². The Bertz CT molecular complexity index is 1230. The van der Waals surface area contributed by atoms with Gasteiger partial charge in [0.1, 0.15) is 10.8 Å². The van der Waals surface area contributed by atoms with Gasteiger partial charge in [-0.15, -0.1) is 11.3 Å². The number of amides is 1. The van der Waals surface area contributed by atoms with Gasteiger partial charge in [-0.1, -0.05) is 30.3 Å². The molecule has 0 saturated carbocycles. The number of carboxylic acids is 1. The van der Waals surface area contributed by atoms with Crippen LogP contribution in [-0.2, 0) is 17.8 Å². The molecule has 3 aliphatic rings. The molecule has 2 saturated heterocycles. The van der Waals surface area contributed by atoms with Crippen LogP contribution in [0.4, 0.5) is 5.82 Å². The highest BCUT2D eigenvalue weighted by molar-refractivity contribution is 7.15. The Hall–Kier alpha value is -3.30. The molecule has 8 nitrogen and oxygen atoms in total. The number of anilines is 1. The fourth-order valence-corrected chi connectivity index (χ4v) is 6.63. The van der Waals surface area contributed by atoms with Gasteiger partial charge in [-0.3, -0.25) is 9.69 Å². The lowest BCUT2D eigenvalue weighted by atomic mass is 10.1. The number of benzene rings is 1. The fraction of sp³-hybridized carbons (Fsp3) is 0.385. The summed E-state index contributed by atoms with van der Waals surface area (Å²) in [4.78, 5) is 41.4. The van der Waals surface area contributed by atoms with Gasteiger partial charge in [0.25, 0.3) is 0 Å². The Morgan fingerprint density at radius 1 is 1.06 bits per heavy atom. The second-order valence-electron chi connectivity index (χ2n) is 9.49. The normalized spacial score (nSPS) is 21.7. The molecule has 0 spiro atoms. The minimum atomic E-state index is -0.966. The maximum absolute atomic E-state index is 13.3. The van der Waals surface area contributed by atoms with Gasteiger partial charge < -0.3 is 14.9 Å². The summed E-state index contributed by atoms with van der Waals surface area (Å²) in [5, 5.41) is 10.1. The van der Waals surface area contributed by atoms with E-state index in [0.717, 1.165) is 61.0 Å². The molecular weight excluding hydrogens is 462 g/mol. The highest BCUT2D eigenvalue weighted by Gasteiger charge is 2.41. The van der Waals surface area contributed by atoms with Gasteiger partial charge in [-0.2, -0.15) is 0 Å². The molecule has 2 atom stereocenters. The molecule has 2 aromatic heterocycles. The fourth-order valence-electron chi connectivity index (χ4n) is 5.50. The number of hydrogen-bond acceptors (Lipinski definition) is 7. The number of thiazole rings is 1. The first kappa shape index (κ1) is 22.2. The number of carboxylic acid groups (broad SMARTS) is 1. The molecule has 2 unspecified atom stereocenters. The Morgan fingerprint density at radius 3 is 2.51 bits per heavy atom. The van der Waals surface area contributed by atoms with E-state index in [-0.39, 0.29) is 11.5 Å². The summed E-state index contributed by atoms with van der Waals surface area (Å²) >= 11 is 1.70. The first-order valence-electron chi connectivity index (χ1n) is 12.1. The van der Waals surface area contributed by atoms with Crippen LogP contribution in [0.25, 0.3) is 10.6 Å². The van der Waals surface area contributed by atoms with Gasteiger partial charge >= 0.3 is 5.97 Å². The number of aromatic nitrogens is 2. The summed E-state index contributed by atoms with van der Waals surface area (Å²) in [5.74, 6) is 0.0346. The topological polar surface area (TPSA) is 89.9 Å². The van der Waals surface area contributed by atoms with Crippen LogP contribution >= 0.6 is 11.3 Å². The highest BCUT2D eigenvalue weighted by Crippen LogP contribution is 2.34. The molecule has 180 valence electrons. The van der Waals surface area contributed by atoms with Crippen LogP contribution < -0.4 is 4.90 Å². The molecule has 2 bridgehead atoms. The number of fused-ring (bicyclic) bond motifs is 3. The van der Waals surface area contributed by atoms with Crippen molar-refractivity contribution >= 4 is 29.0 Å². The van der Waals surface area contributed by atoms with Crippen molar-refractivity contribution in [1.29, 1.82) is 0 Å². The Morgan fingerprint density at radius 2 is 1.83 bits per heavy atom. The highest BCUT2D eigenvalue weighted by atomic mass is 32.1. The molecule has 1 amide bonds. The molecule has 0 aliphatic carbocycles. The van der Waals surface area contributed by atoms with E-state index in [1.54, 1.807) is 23.5 Å². The van der Waals surface area contributed by atoms with Crippen molar-refractivity contribution in [2.45, 2.75) is 37.9 Å². The minimum Gasteiger partial charge on any atom is -0.478 e. The predicted molar refractivity (Wildman–Crippen MR) is 134 cm³/mol. The predicted octanol–water partition coefficient (Wildman–Crippen LogP) is 3.14. The third kappa shape index (κ3) is 4.30. The molecule has 3 aliphatic heterocycles. The Balaban J connectivity index is 1.09. The number of carbonyl (C=O) groups is 2. The van der Waals surface area contributed by atoms with Crippen LogP contribution in [0.3, 0.4) is 0 Å². The number of rotatable bonds is 5. The van der Waals surface area contributed by atoms with Crippen molar-refractivity contribution in [2.75, 3.05) is 31.1 Å². The van der Waals surface area contributed by atoms with Gasteiger partial charge in [-0.05, 0) is 25.0 Å². The third-order valence-corrected chi connectivity index (χ3v) is 8.51. The summed E-state index contributed by atoms with van der Waals surface area (Å²) in [6.07, 6.45) is 4.37. The third-order valence-electron chi connectivity index (χ3n) is 7.37. The maximum atomic E-state index is 13.3. The monoisotopic (exact) mass is 489 g/mol. The second-order valence-corrected chi connectivity index (χ2v) is 10.6. The molecule has 5 heterocycles. The first-order valence-corrected chi connectivity index (χ1v) is 12.9. The van der Waals surface area contributed by atoms with E-state index < -0.39 is 5.97 Å². The largest absolute Gasteiger partial charge is 0.478 e. The lowest BCUT2D eigenvalue weighted by Crippen LogP contribution is -2.56. The van der Waals surface area contributed by atoms with Gasteiger partial charge in [-0.25, -0.2) is 14.8 Å². The van der Waals surface area contributed by atoms with Crippen LogP contribution in [0, 0.1) is 0 Å². The number of carbonyl (C=O) groups excluding carboxylic acids is 1. The molecule has 9 heteroatoms. The van der Waals surface area contributed by atoms with Crippen LogP contribution in [0.2, 0.25) is 0 Å². The number of piperazine rings is 1. The SMILES string of the molecule is O=C(O)c1ccc(N2CC3CCC(C2)N3CC(=O)N2CCc3nc(-c4ccccc4)sc3C2)nc1. The van der Waals surface area contributed by atoms with Crippen molar-refractivity contribution in [1.82, 2.24) is 19.8 Å². The van der Waals surface area contributed by atoms with Gasteiger partial charge in [0.05, 0.1) is 24.3 Å². The average Bonchev–Trinajstić information content (AvgIpc) is 3.40. The zero-order valence-electron chi connectivity index (χ0n) is 19.3. The van der Waals surface area contributed by atoms with E-state index in [1.807, 2.05) is 23.1 Å². The molecule has 1 aromatic carbocycles. The standard InChI is InChI=1S/C26H27N5O3S/c32-24(29-11-10-21-22(15-29)35-25(28-21)17-4-2-1-3-5-17)16-31-19-7-8-20(31)14-30(13-19)23-9-6-18(12-27-23)26(33)34/h1-6,9,12,19-20H,7-8,10-11,13-16H2,(H,33,34). The van der Waals surface area contributed by atoms with Crippen LogP contribution in [-0.4, -0.2) is 75.0 Å². The molecular formula is C26H27N5O3S. The number of nitrogens with zero attached hydrogens (tertiary/aromatic N) is 5. The summed E-state index contributed by atoms with van der Waals surface area (Å²) in [7, 11) is 0. The molecule has 1 N–H and O–H groups in total. The van der Waals surface area contributed by atoms with Crippen molar-refractivity contribution < 1.29 is 14.7 Å². The lowest BCUT2D eigenvalue weighted by Gasteiger charge is -2.42. The number of pyridine rings is 1. The van der Waals surface area contributed by atoms with Crippen molar-refractivity contribution in [2.24, 2.45) is 0 Å². The molecule has 2 fully saturated rings. The molecule has 35 heavy (non-hydrogen) atoms. The van der Waals surface area contributed by atoms with Gasteiger partial charge in [0.15, 0.2) is 0 Å². The van der Waals surface area contributed by atoms with E-state index in [1.165, 1.54) is 11.1 Å². The number of hydrogen-bond donors (Lipinski definition) is 1. The zero-order valence-corrected chi connectivity index (χ0v) is 20.2.